The molecule has 1 N–H and O–H groups in total. The van der Waals surface area contributed by atoms with Crippen LogP contribution in [0.4, 0.5) is 8.78 Å². The first-order valence-corrected chi connectivity index (χ1v) is 6.53. The van der Waals surface area contributed by atoms with Gasteiger partial charge in [0.2, 0.25) is 5.91 Å². The molecular weight excluding hydrogens is 266 g/mol. The normalized spacial score (nSPS) is 22.6. The number of benzene rings is 1. The third-order valence-electron chi connectivity index (χ3n) is 3.38. The van der Waals surface area contributed by atoms with Gasteiger partial charge < -0.3 is 15.0 Å². The van der Waals surface area contributed by atoms with Crippen molar-refractivity contribution in [3.63, 3.8) is 0 Å². The highest BCUT2D eigenvalue weighted by molar-refractivity contribution is 5.82. The zero-order valence-corrected chi connectivity index (χ0v) is 11.5. The first-order chi connectivity index (χ1) is 9.49. The maximum Gasteiger partial charge on any atom is 0.242 e. The number of rotatable bonds is 3. The lowest BCUT2D eigenvalue weighted by Crippen LogP contribution is -2.55. The molecule has 2 atom stereocenters. The zero-order valence-electron chi connectivity index (χ0n) is 11.5. The van der Waals surface area contributed by atoms with Crippen LogP contribution in [-0.2, 0) is 16.1 Å². The molecule has 0 saturated carbocycles. The molecule has 0 bridgehead atoms. The SMILES string of the molecule is C[C@H]1OCCN[C@@H]1C(=O)N(C)Cc1ccc(F)cc1F. The molecule has 0 unspecified atom stereocenters. The molecule has 1 aromatic carbocycles. The van der Waals surface area contributed by atoms with Gasteiger partial charge in [-0.25, -0.2) is 8.78 Å². The highest BCUT2D eigenvalue weighted by atomic mass is 19.1. The van der Waals surface area contributed by atoms with Gasteiger partial charge in [0.25, 0.3) is 0 Å². The summed E-state index contributed by atoms with van der Waals surface area (Å²) in [4.78, 5) is 13.7. The molecule has 0 aliphatic carbocycles. The third-order valence-corrected chi connectivity index (χ3v) is 3.38. The highest BCUT2D eigenvalue weighted by Gasteiger charge is 2.30. The van der Waals surface area contributed by atoms with Crippen LogP contribution in [-0.4, -0.2) is 43.2 Å². The van der Waals surface area contributed by atoms with Crippen LogP contribution < -0.4 is 5.32 Å². The van der Waals surface area contributed by atoms with E-state index in [-0.39, 0.29) is 24.1 Å². The Morgan fingerprint density at radius 1 is 1.50 bits per heavy atom. The summed E-state index contributed by atoms with van der Waals surface area (Å²) in [5, 5.41) is 3.09. The van der Waals surface area contributed by atoms with Gasteiger partial charge in [-0.05, 0) is 13.0 Å². The monoisotopic (exact) mass is 284 g/mol. The Kier molecular flexibility index (Phi) is 4.67. The number of amides is 1. The van der Waals surface area contributed by atoms with E-state index in [9.17, 15) is 13.6 Å². The Morgan fingerprint density at radius 2 is 2.25 bits per heavy atom. The molecule has 1 saturated heterocycles. The number of morpholine rings is 1. The molecule has 1 aromatic rings. The van der Waals surface area contributed by atoms with Crippen molar-refractivity contribution in [3.05, 3.63) is 35.4 Å². The topological polar surface area (TPSA) is 41.6 Å². The maximum atomic E-state index is 13.6. The summed E-state index contributed by atoms with van der Waals surface area (Å²) in [6, 6.07) is 2.92. The Hall–Kier alpha value is -1.53. The van der Waals surface area contributed by atoms with Crippen LogP contribution in [0.3, 0.4) is 0 Å². The fourth-order valence-corrected chi connectivity index (χ4v) is 2.23. The number of hydrogen-bond acceptors (Lipinski definition) is 3. The van der Waals surface area contributed by atoms with E-state index in [0.717, 1.165) is 6.07 Å². The van der Waals surface area contributed by atoms with Crippen LogP contribution >= 0.6 is 0 Å². The van der Waals surface area contributed by atoms with Gasteiger partial charge in [-0.3, -0.25) is 4.79 Å². The summed E-state index contributed by atoms with van der Waals surface area (Å²) >= 11 is 0. The fraction of sp³-hybridized carbons (Fsp3) is 0.500. The van der Waals surface area contributed by atoms with Gasteiger partial charge in [-0.2, -0.15) is 0 Å². The predicted molar refractivity (Wildman–Crippen MR) is 70.0 cm³/mol. The van der Waals surface area contributed by atoms with Crippen molar-refractivity contribution in [1.29, 1.82) is 0 Å². The van der Waals surface area contributed by atoms with E-state index in [4.69, 9.17) is 4.74 Å². The number of nitrogens with zero attached hydrogens (tertiary/aromatic N) is 1. The highest BCUT2D eigenvalue weighted by Crippen LogP contribution is 2.13. The first-order valence-electron chi connectivity index (χ1n) is 6.53. The van der Waals surface area contributed by atoms with Gasteiger partial charge in [0.05, 0.1) is 12.7 Å². The standard InChI is InChI=1S/C14H18F2N2O2/c1-9-13(17-5-6-20-9)14(19)18(2)8-10-3-4-11(15)7-12(10)16/h3-4,7,9,13,17H,5-6,8H2,1-2H3/t9-,13+/m1/s1. The summed E-state index contributed by atoms with van der Waals surface area (Å²) < 4.78 is 31.8. The largest absolute Gasteiger partial charge is 0.375 e. The maximum absolute atomic E-state index is 13.6. The smallest absolute Gasteiger partial charge is 0.242 e. The molecule has 110 valence electrons. The van der Waals surface area contributed by atoms with Gasteiger partial charge >= 0.3 is 0 Å². The van der Waals surface area contributed by atoms with Gasteiger partial charge in [0.15, 0.2) is 0 Å². The molecule has 1 aliphatic rings. The fourth-order valence-electron chi connectivity index (χ4n) is 2.23. The van der Waals surface area contributed by atoms with Crippen molar-refractivity contribution in [2.45, 2.75) is 25.6 Å². The first kappa shape index (κ1) is 14.9. The molecule has 0 spiro atoms. The predicted octanol–water partition coefficient (Wildman–Crippen LogP) is 1.30. The van der Waals surface area contributed by atoms with E-state index in [1.165, 1.54) is 17.0 Å². The van der Waals surface area contributed by atoms with Crippen LogP contribution in [0.25, 0.3) is 0 Å². The lowest BCUT2D eigenvalue weighted by atomic mass is 10.1. The molecule has 1 fully saturated rings. The second-order valence-electron chi connectivity index (χ2n) is 4.94. The summed E-state index contributed by atoms with van der Waals surface area (Å²) in [5.41, 5.74) is 0.284. The molecule has 1 amide bonds. The lowest BCUT2D eigenvalue weighted by molar-refractivity contribution is -0.138. The molecule has 6 heteroatoms. The molecule has 1 heterocycles. The third kappa shape index (κ3) is 3.32. The molecule has 0 radical (unpaired) electrons. The van der Waals surface area contributed by atoms with E-state index < -0.39 is 17.7 Å². The van der Waals surface area contributed by atoms with E-state index in [1.54, 1.807) is 7.05 Å². The van der Waals surface area contributed by atoms with Crippen molar-refractivity contribution < 1.29 is 18.3 Å². The number of carbonyl (C=O) groups excluding carboxylic acids is 1. The van der Waals surface area contributed by atoms with E-state index in [0.29, 0.717) is 13.2 Å². The van der Waals surface area contributed by atoms with Crippen LogP contribution in [0.2, 0.25) is 0 Å². The summed E-state index contributed by atoms with van der Waals surface area (Å²) in [5.74, 6) is -1.44. The number of ether oxygens (including phenoxy) is 1. The Balaban J connectivity index is 2.03. The summed E-state index contributed by atoms with van der Waals surface area (Å²) in [6.07, 6.45) is -0.225. The Morgan fingerprint density at radius 3 is 2.90 bits per heavy atom. The van der Waals surface area contributed by atoms with Crippen molar-refractivity contribution in [2.75, 3.05) is 20.2 Å². The van der Waals surface area contributed by atoms with E-state index in [2.05, 4.69) is 5.32 Å². The van der Waals surface area contributed by atoms with Crippen LogP contribution in [0, 0.1) is 11.6 Å². The number of nitrogens with one attached hydrogen (secondary N) is 1. The molecular formula is C14H18F2N2O2. The lowest BCUT2D eigenvalue weighted by Gasteiger charge is -2.32. The minimum Gasteiger partial charge on any atom is -0.375 e. The average Bonchev–Trinajstić information content (AvgIpc) is 2.41. The number of hydrogen-bond donors (Lipinski definition) is 1. The van der Waals surface area contributed by atoms with E-state index >= 15 is 0 Å². The van der Waals surface area contributed by atoms with Crippen molar-refractivity contribution in [1.82, 2.24) is 10.2 Å². The van der Waals surface area contributed by atoms with Gasteiger partial charge in [0, 0.05) is 31.8 Å². The minimum atomic E-state index is -0.648. The number of likely N-dealkylation sites (N-methyl/N-ethyl adjacent to an activating group) is 1. The minimum absolute atomic E-state index is 0.0931. The molecule has 20 heavy (non-hydrogen) atoms. The van der Waals surface area contributed by atoms with Gasteiger partial charge in [-0.15, -0.1) is 0 Å². The quantitative estimate of drug-likeness (QED) is 0.909. The molecule has 1 aliphatic heterocycles. The summed E-state index contributed by atoms with van der Waals surface area (Å²) in [6.45, 7) is 3.09. The van der Waals surface area contributed by atoms with E-state index in [1.807, 2.05) is 6.92 Å². The average molecular weight is 284 g/mol. The van der Waals surface area contributed by atoms with Crippen molar-refractivity contribution in [2.24, 2.45) is 0 Å². The second-order valence-corrected chi connectivity index (χ2v) is 4.94. The second kappa shape index (κ2) is 6.28. The molecule has 2 rings (SSSR count). The Labute approximate surface area is 116 Å². The summed E-state index contributed by atoms with van der Waals surface area (Å²) in [7, 11) is 1.59. The van der Waals surface area contributed by atoms with Gasteiger partial charge in [-0.1, -0.05) is 6.07 Å². The zero-order chi connectivity index (χ0) is 14.7. The molecule has 0 aromatic heterocycles. The van der Waals surface area contributed by atoms with Gasteiger partial charge in [0.1, 0.15) is 17.7 Å². The molecule has 4 nitrogen and oxygen atoms in total. The van der Waals surface area contributed by atoms with Crippen LogP contribution in [0.5, 0.6) is 0 Å². The number of carbonyl (C=O) groups is 1. The van der Waals surface area contributed by atoms with Crippen LogP contribution in [0.15, 0.2) is 18.2 Å². The number of halogens is 2. The van der Waals surface area contributed by atoms with Crippen molar-refractivity contribution in [3.8, 4) is 0 Å². The Bertz CT molecular complexity index is 496. The van der Waals surface area contributed by atoms with Crippen LogP contribution in [0.1, 0.15) is 12.5 Å². The van der Waals surface area contributed by atoms with Crippen molar-refractivity contribution >= 4 is 5.91 Å².